The normalized spacial score (nSPS) is 34.8. The molecular weight excluding hydrogens is 470 g/mol. The molecule has 2 N–H and O–H groups in total. The Morgan fingerprint density at radius 2 is 1.79 bits per heavy atom. The number of halogens is 1. The Morgan fingerprint density at radius 3 is 2.42 bits per heavy atom. The highest BCUT2D eigenvalue weighted by Crippen LogP contribution is 2.57. The summed E-state index contributed by atoms with van der Waals surface area (Å²) in [5.74, 6) is 0.416. The van der Waals surface area contributed by atoms with Crippen LogP contribution in [0.2, 0.25) is 5.02 Å². The first kappa shape index (κ1) is 22.7. The Balaban J connectivity index is 1.25. The molecule has 5 fully saturated rings. The van der Waals surface area contributed by atoms with Crippen molar-refractivity contribution >= 4 is 39.6 Å². The molecule has 9 nitrogen and oxygen atoms in total. The van der Waals surface area contributed by atoms with Gasteiger partial charge in [0.2, 0.25) is 5.91 Å². The summed E-state index contributed by atoms with van der Waals surface area (Å²) >= 11 is 5.93. The number of carbonyl (C=O) groups excluding carboxylic acids is 1. The Labute approximate surface area is 198 Å². The van der Waals surface area contributed by atoms with Crippen LogP contribution in [0.4, 0.5) is 10.5 Å². The molecule has 4 aliphatic carbocycles. The molecule has 5 aliphatic rings. The molecule has 1 aromatic rings. The summed E-state index contributed by atoms with van der Waals surface area (Å²) in [5, 5.41) is 12.8. The van der Waals surface area contributed by atoms with Crippen molar-refractivity contribution in [2.75, 3.05) is 23.9 Å². The van der Waals surface area contributed by atoms with Crippen LogP contribution in [-0.4, -0.2) is 61.2 Å². The van der Waals surface area contributed by atoms with Crippen molar-refractivity contribution in [2.45, 2.75) is 50.2 Å². The Kier molecular flexibility index (Phi) is 5.73. The van der Waals surface area contributed by atoms with Crippen LogP contribution in [0.15, 0.2) is 24.3 Å². The van der Waals surface area contributed by atoms with E-state index in [4.69, 9.17) is 21.4 Å². The second kappa shape index (κ2) is 8.32. The van der Waals surface area contributed by atoms with E-state index in [0.717, 1.165) is 19.3 Å². The minimum absolute atomic E-state index is 0.0700. The van der Waals surface area contributed by atoms with Crippen LogP contribution in [0.25, 0.3) is 0 Å². The third-order valence-corrected chi connectivity index (χ3v) is 9.82. The summed E-state index contributed by atoms with van der Waals surface area (Å²) in [6.07, 6.45) is 3.25. The van der Waals surface area contributed by atoms with E-state index >= 15 is 0 Å². The first-order valence-corrected chi connectivity index (χ1v) is 13.2. The van der Waals surface area contributed by atoms with E-state index in [1.54, 1.807) is 24.3 Å². The summed E-state index contributed by atoms with van der Waals surface area (Å²) in [5.41, 5.74) is -0.104. The Morgan fingerprint density at radius 1 is 1.12 bits per heavy atom. The number of benzene rings is 1. The van der Waals surface area contributed by atoms with Crippen molar-refractivity contribution in [3.8, 4) is 0 Å². The molecule has 2 atom stereocenters. The molecule has 33 heavy (non-hydrogen) atoms. The summed E-state index contributed by atoms with van der Waals surface area (Å²) in [4.78, 5) is 24.2. The molecular formula is C22H28ClN3O6S. The van der Waals surface area contributed by atoms with Gasteiger partial charge in [-0.1, -0.05) is 11.6 Å². The SMILES string of the molecule is O=C(CN1CCCN(c2ccc(Cl)cc2)S1(=O)=O)NC1C2CC3CC1CC(OC(=O)O)(C3)C2. The average molecular weight is 498 g/mol. The second-order valence-electron chi connectivity index (χ2n) is 9.86. The second-order valence-corrected chi connectivity index (χ2v) is 12.1. The zero-order valence-electron chi connectivity index (χ0n) is 18.2. The monoisotopic (exact) mass is 497 g/mol. The molecule has 180 valence electrons. The number of amides is 1. The lowest BCUT2D eigenvalue weighted by molar-refractivity contribution is -0.154. The van der Waals surface area contributed by atoms with E-state index in [0.29, 0.717) is 42.4 Å². The van der Waals surface area contributed by atoms with E-state index in [9.17, 15) is 18.0 Å². The molecule has 0 spiro atoms. The van der Waals surface area contributed by atoms with Gasteiger partial charge in [-0.2, -0.15) is 12.7 Å². The van der Waals surface area contributed by atoms with E-state index in [-0.39, 0.29) is 36.9 Å². The van der Waals surface area contributed by atoms with Crippen molar-refractivity contribution in [1.82, 2.24) is 9.62 Å². The molecule has 4 saturated carbocycles. The minimum Gasteiger partial charge on any atom is -0.450 e. The third-order valence-electron chi connectivity index (χ3n) is 7.66. The lowest BCUT2D eigenvalue weighted by atomic mass is 9.52. The fraction of sp³-hybridized carbons (Fsp3) is 0.636. The summed E-state index contributed by atoms with van der Waals surface area (Å²) in [6, 6.07) is 6.54. The molecule has 1 saturated heterocycles. The molecule has 11 heteroatoms. The van der Waals surface area contributed by atoms with Crippen LogP contribution in [0.3, 0.4) is 0 Å². The number of carboxylic acid groups (broad SMARTS) is 1. The minimum atomic E-state index is -3.83. The maximum atomic E-state index is 13.2. The van der Waals surface area contributed by atoms with Crippen LogP contribution in [0.1, 0.15) is 38.5 Å². The molecule has 6 rings (SSSR count). The van der Waals surface area contributed by atoms with Gasteiger partial charge in [0.15, 0.2) is 0 Å². The first-order chi connectivity index (χ1) is 15.6. The van der Waals surface area contributed by atoms with Crippen LogP contribution in [0.5, 0.6) is 0 Å². The van der Waals surface area contributed by atoms with Gasteiger partial charge in [-0.3, -0.25) is 9.10 Å². The van der Waals surface area contributed by atoms with Crippen molar-refractivity contribution in [3.05, 3.63) is 29.3 Å². The van der Waals surface area contributed by atoms with Gasteiger partial charge in [0.05, 0.1) is 12.2 Å². The molecule has 1 aromatic carbocycles. The topological polar surface area (TPSA) is 116 Å². The van der Waals surface area contributed by atoms with Crippen molar-refractivity contribution in [1.29, 1.82) is 0 Å². The number of ether oxygens (including phenoxy) is 1. The van der Waals surface area contributed by atoms with E-state index < -0.39 is 22.0 Å². The van der Waals surface area contributed by atoms with Gasteiger partial charge < -0.3 is 15.2 Å². The van der Waals surface area contributed by atoms with Gasteiger partial charge in [-0.25, -0.2) is 4.79 Å². The highest BCUT2D eigenvalue weighted by molar-refractivity contribution is 7.90. The van der Waals surface area contributed by atoms with Crippen molar-refractivity contribution in [3.63, 3.8) is 0 Å². The molecule has 1 heterocycles. The number of nitrogens with zero attached hydrogens (tertiary/aromatic N) is 2. The smallest absolute Gasteiger partial charge is 0.450 e. The van der Waals surface area contributed by atoms with Gasteiger partial charge in [0.1, 0.15) is 5.60 Å². The van der Waals surface area contributed by atoms with Gasteiger partial charge in [-0.05, 0) is 80.5 Å². The maximum Gasteiger partial charge on any atom is 0.506 e. The first-order valence-electron chi connectivity index (χ1n) is 11.4. The largest absolute Gasteiger partial charge is 0.506 e. The van der Waals surface area contributed by atoms with E-state index in [2.05, 4.69) is 5.32 Å². The Hall–Kier alpha value is -2.04. The molecule has 1 aliphatic heterocycles. The molecule has 1 amide bonds. The fourth-order valence-corrected chi connectivity index (χ4v) is 8.47. The average Bonchev–Trinajstić information content (AvgIpc) is 2.71. The quantitative estimate of drug-likeness (QED) is 0.604. The number of hydrogen-bond donors (Lipinski definition) is 2. The molecule has 4 bridgehead atoms. The van der Waals surface area contributed by atoms with Crippen molar-refractivity contribution < 1.29 is 27.9 Å². The number of rotatable bonds is 5. The maximum absolute atomic E-state index is 13.2. The number of hydrogen-bond acceptors (Lipinski definition) is 5. The van der Waals surface area contributed by atoms with E-state index in [1.807, 2.05) is 0 Å². The predicted molar refractivity (Wildman–Crippen MR) is 121 cm³/mol. The van der Waals surface area contributed by atoms with Gasteiger partial charge in [0, 0.05) is 24.2 Å². The van der Waals surface area contributed by atoms with Crippen LogP contribution in [-0.2, 0) is 19.7 Å². The van der Waals surface area contributed by atoms with Gasteiger partial charge in [-0.15, -0.1) is 0 Å². The summed E-state index contributed by atoms with van der Waals surface area (Å²) in [7, 11) is -3.83. The number of carbonyl (C=O) groups is 2. The molecule has 0 aromatic heterocycles. The number of nitrogens with one attached hydrogen (secondary N) is 1. The molecule has 0 radical (unpaired) electrons. The number of anilines is 1. The van der Waals surface area contributed by atoms with Crippen LogP contribution in [0, 0.1) is 17.8 Å². The van der Waals surface area contributed by atoms with Gasteiger partial charge in [0.25, 0.3) is 0 Å². The summed E-state index contributed by atoms with van der Waals surface area (Å²) in [6.45, 7) is 0.402. The highest BCUT2D eigenvalue weighted by Gasteiger charge is 2.57. The highest BCUT2D eigenvalue weighted by atomic mass is 35.5. The van der Waals surface area contributed by atoms with Crippen LogP contribution >= 0.6 is 11.6 Å². The van der Waals surface area contributed by atoms with Gasteiger partial charge >= 0.3 is 16.4 Å². The zero-order valence-corrected chi connectivity index (χ0v) is 19.7. The standard InChI is InChI=1S/C22H28ClN3O6S/c23-17-2-4-18(5-3-17)26-7-1-6-25(33(26,30)31)13-19(27)24-20-15-8-14-9-16(20)12-22(10-14,11-15)32-21(28)29/h2-5,14-16,20H,1,6-13H2,(H,24,27)(H,28,29). The van der Waals surface area contributed by atoms with E-state index in [1.165, 1.54) is 8.61 Å². The fourth-order valence-electron chi connectivity index (χ4n) is 6.68. The lowest BCUT2D eigenvalue weighted by Gasteiger charge is -2.58. The predicted octanol–water partition coefficient (Wildman–Crippen LogP) is 2.86. The Bertz CT molecular complexity index is 1030. The zero-order chi connectivity index (χ0) is 23.4. The molecule has 2 unspecified atom stereocenters. The lowest BCUT2D eigenvalue weighted by Crippen LogP contribution is -2.63. The van der Waals surface area contributed by atoms with Crippen LogP contribution < -0.4 is 9.62 Å². The third kappa shape index (κ3) is 4.28. The summed E-state index contributed by atoms with van der Waals surface area (Å²) < 4.78 is 34.2. The van der Waals surface area contributed by atoms with Crippen molar-refractivity contribution in [2.24, 2.45) is 17.8 Å².